The number of anilines is 2. The van der Waals surface area contributed by atoms with Crippen LogP contribution >= 0.6 is 0 Å². The van der Waals surface area contributed by atoms with Gasteiger partial charge < -0.3 is 9.80 Å². The maximum absolute atomic E-state index is 14.1. The molecule has 1 aliphatic rings. The van der Waals surface area contributed by atoms with E-state index in [0.717, 1.165) is 37.8 Å². The molecule has 0 atom stereocenters. The van der Waals surface area contributed by atoms with Crippen molar-refractivity contribution < 1.29 is 4.39 Å². The summed E-state index contributed by atoms with van der Waals surface area (Å²) in [6, 6.07) is 14.5. The van der Waals surface area contributed by atoms with Crippen LogP contribution in [0.2, 0.25) is 0 Å². The fourth-order valence-electron chi connectivity index (χ4n) is 3.23. The Morgan fingerprint density at radius 3 is 2.23 bits per heavy atom. The van der Waals surface area contributed by atoms with Gasteiger partial charge >= 0.3 is 0 Å². The quantitative estimate of drug-likeness (QED) is 0.726. The van der Waals surface area contributed by atoms with Gasteiger partial charge in [-0.2, -0.15) is 0 Å². The van der Waals surface area contributed by atoms with E-state index in [9.17, 15) is 4.39 Å². The summed E-state index contributed by atoms with van der Waals surface area (Å²) >= 11 is 0. The third-order valence-corrected chi connectivity index (χ3v) is 4.55. The van der Waals surface area contributed by atoms with E-state index in [2.05, 4.69) is 24.8 Å². The van der Waals surface area contributed by atoms with Gasteiger partial charge in [-0.1, -0.05) is 18.2 Å². The van der Waals surface area contributed by atoms with Gasteiger partial charge in [-0.15, -0.1) is 0 Å². The zero-order chi connectivity index (χ0) is 17.9. The molecule has 6 heteroatoms. The van der Waals surface area contributed by atoms with Crippen LogP contribution in [-0.4, -0.2) is 41.1 Å². The SMILES string of the molecule is Cc1nc(-c2ccccc2F)cc(N2CCN(c3ccccn3)CC2)n1. The number of hydrogen-bond acceptors (Lipinski definition) is 5. The van der Waals surface area contributed by atoms with Crippen molar-refractivity contribution in [3.8, 4) is 11.3 Å². The molecule has 1 aromatic carbocycles. The Kier molecular flexibility index (Phi) is 4.48. The molecule has 132 valence electrons. The molecule has 3 heterocycles. The van der Waals surface area contributed by atoms with Crippen LogP contribution in [0.25, 0.3) is 11.3 Å². The summed E-state index contributed by atoms with van der Waals surface area (Å²) < 4.78 is 14.1. The normalized spacial score (nSPS) is 14.5. The smallest absolute Gasteiger partial charge is 0.132 e. The number of benzene rings is 1. The Labute approximate surface area is 152 Å². The minimum Gasteiger partial charge on any atom is -0.353 e. The predicted molar refractivity (Wildman–Crippen MR) is 101 cm³/mol. The molecule has 0 saturated carbocycles. The molecule has 4 rings (SSSR count). The topological polar surface area (TPSA) is 45.2 Å². The highest BCUT2D eigenvalue weighted by Gasteiger charge is 2.20. The highest BCUT2D eigenvalue weighted by atomic mass is 19.1. The third-order valence-electron chi connectivity index (χ3n) is 4.55. The minimum atomic E-state index is -0.267. The average Bonchev–Trinajstić information content (AvgIpc) is 2.69. The highest BCUT2D eigenvalue weighted by Crippen LogP contribution is 2.25. The van der Waals surface area contributed by atoms with Crippen molar-refractivity contribution in [1.82, 2.24) is 15.0 Å². The van der Waals surface area contributed by atoms with Crippen molar-refractivity contribution in [2.75, 3.05) is 36.0 Å². The number of halogens is 1. The van der Waals surface area contributed by atoms with E-state index in [0.29, 0.717) is 17.1 Å². The molecule has 5 nitrogen and oxygen atoms in total. The van der Waals surface area contributed by atoms with E-state index in [1.54, 1.807) is 12.1 Å². The summed E-state index contributed by atoms with van der Waals surface area (Å²) in [6.45, 7) is 5.26. The van der Waals surface area contributed by atoms with Crippen LogP contribution in [0.4, 0.5) is 16.0 Å². The van der Waals surface area contributed by atoms with Crippen molar-refractivity contribution in [3.05, 3.63) is 66.4 Å². The van der Waals surface area contributed by atoms with Gasteiger partial charge in [0, 0.05) is 44.0 Å². The molecule has 0 bridgehead atoms. The van der Waals surface area contributed by atoms with E-state index in [1.807, 2.05) is 43.5 Å². The Morgan fingerprint density at radius 2 is 1.54 bits per heavy atom. The van der Waals surface area contributed by atoms with Crippen molar-refractivity contribution in [1.29, 1.82) is 0 Å². The zero-order valence-electron chi connectivity index (χ0n) is 14.6. The second-order valence-electron chi connectivity index (χ2n) is 6.30. The number of aromatic nitrogens is 3. The fourth-order valence-corrected chi connectivity index (χ4v) is 3.23. The maximum atomic E-state index is 14.1. The summed E-state index contributed by atoms with van der Waals surface area (Å²) in [6.07, 6.45) is 1.82. The van der Waals surface area contributed by atoms with Gasteiger partial charge in [0.05, 0.1) is 5.69 Å². The summed E-state index contributed by atoms with van der Waals surface area (Å²) in [5.41, 5.74) is 1.13. The molecule has 2 aromatic heterocycles. The Bertz CT molecular complexity index is 892. The largest absolute Gasteiger partial charge is 0.353 e. The van der Waals surface area contributed by atoms with E-state index in [-0.39, 0.29) is 5.82 Å². The van der Waals surface area contributed by atoms with Gasteiger partial charge in [-0.25, -0.2) is 19.3 Å². The number of hydrogen-bond donors (Lipinski definition) is 0. The lowest BCUT2D eigenvalue weighted by atomic mass is 10.1. The molecule has 0 spiro atoms. The van der Waals surface area contributed by atoms with Gasteiger partial charge in [0.25, 0.3) is 0 Å². The average molecular weight is 349 g/mol. The van der Waals surface area contributed by atoms with Crippen molar-refractivity contribution in [3.63, 3.8) is 0 Å². The van der Waals surface area contributed by atoms with Crippen LogP contribution in [-0.2, 0) is 0 Å². The summed E-state index contributed by atoms with van der Waals surface area (Å²) in [4.78, 5) is 17.9. The number of aryl methyl sites for hydroxylation is 1. The summed E-state index contributed by atoms with van der Waals surface area (Å²) in [5, 5.41) is 0. The van der Waals surface area contributed by atoms with Crippen molar-refractivity contribution in [2.24, 2.45) is 0 Å². The first kappa shape index (κ1) is 16.4. The van der Waals surface area contributed by atoms with Crippen molar-refractivity contribution in [2.45, 2.75) is 6.92 Å². The molecule has 1 saturated heterocycles. The molecular weight excluding hydrogens is 329 g/mol. The Balaban J connectivity index is 1.55. The lowest BCUT2D eigenvalue weighted by Crippen LogP contribution is -2.47. The van der Waals surface area contributed by atoms with Crippen LogP contribution in [0.3, 0.4) is 0 Å². The standard InChI is InChI=1S/C20H20FN5/c1-15-23-18(16-6-2-3-7-17(16)21)14-20(24-15)26-12-10-25(11-13-26)19-8-4-5-9-22-19/h2-9,14H,10-13H2,1H3. The predicted octanol–water partition coefficient (Wildman–Crippen LogP) is 3.31. The second kappa shape index (κ2) is 7.07. The number of piperazine rings is 1. The van der Waals surface area contributed by atoms with Gasteiger partial charge in [-0.3, -0.25) is 0 Å². The van der Waals surface area contributed by atoms with Gasteiger partial charge in [0.2, 0.25) is 0 Å². The van der Waals surface area contributed by atoms with Crippen LogP contribution in [0.15, 0.2) is 54.7 Å². The van der Waals surface area contributed by atoms with Crippen LogP contribution in [0.5, 0.6) is 0 Å². The zero-order valence-corrected chi connectivity index (χ0v) is 14.6. The summed E-state index contributed by atoms with van der Waals surface area (Å²) in [5.74, 6) is 2.22. The van der Waals surface area contributed by atoms with E-state index in [4.69, 9.17) is 0 Å². The molecule has 26 heavy (non-hydrogen) atoms. The lowest BCUT2D eigenvalue weighted by molar-refractivity contribution is 0.629. The summed E-state index contributed by atoms with van der Waals surface area (Å²) in [7, 11) is 0. The van der Waals surface area contributed by atoms with Crippen molar-refractivity contribution >= 4 is 11.6 Å². The Morgan fingerprint density at radius 1 is 0.846 bits per heavy atom. The maximum Gasteiger partial charge on any atom is 0.132 e. The van der Waals surface area contributed by atoms with Crippen LogP contribution in [0, 0.1) is 12.7 Å². The van der Waals surface area contributed by atoms with E-state index < -0.39 is 0 Å². The molecule has 1 aliphatic heterocycles. The molecular formula is C20H20FN5. The first-order valence-electron chi connectivity index (χ1n) is 8.72. The number of rotatable bonds is 3. The number of pyridine rings is 1. The molecule has 1 fully saturated rings. The molecule has 0 unspecified atom stereocenters. The molecule has 0 aliphatic carbocycles. The van der Waals surface area contributed by atoms with E-state index >= 15 is 0 Å². The van der Waals surface area contributed by atoms with E-state index in [1.165, 1.54) is 6.07 Å². The van der Waals surface area contributed by atoms with Crippen LogP contribution in [0.1, 0.15) is 5.82 Å². The van der Waals surface area contributed by atoms with Gasteiger partial charge in [0.15, 0.2) is 0 Å². The third kappa shape index (κ3) is 3.35. The van der Waals surface area contributed by atoms with Gasteiger partial charge in [-0.05, 0) is 31.2 Å². The fraction of sp³-hybridized carbons (Fsp3) is 0.250. The molecule has 0 amide bonds. The minimum absolute atomic E-state index is 0.267. The Hall–Kier alpha value is -3.02. The molecule has 3 aromatic rings. The molecule has 0 N–H and O–H groups in total. The monoisotopic (exact) mass is 349 g/mol. The van der Waals surface area contributed by atoms with Crippen LogP contribution < -0.4 is 9.80 Å². The number of nitrogens with zero attached hydrogens (tertiary/aromatic N) is 5. The second-order valence-corrected chi connectivity index (χ2v) is 6.30. The van der Waals surface area contributed by atoms with Gasteiger partial charge in [0.1, 0.15) is 23.3 Å². The first-order chi connectivity index (χ1) is 12.7. The lowest BCUT2D eigenvalue weighted by Gasteiger charge is -2.36. The first-order valence-corrected chi connectivity index (χ1v) is 8.72. The highest BCUT2D eigenvalue weighted by molar-refractivity contribution is 5.63. The molecule has 0 radical (unpaired) electrons.